The summed E-state index contributed by atoms with van der Waals surface area (Å²) < 4.78 is 4.63. The van der Waals surface area contributed by atoms with Crippen molar-refractivity contribution < 1.29 is 14.3 Å². The van der Waals surface area contributed by atoms with E-state index in [1.165, 1.54) is 7.11 Å². The minimum atomic E-state index is -0.490. The molecule has 0 aliphatic heterocycles. The Balaban J connectivity index is 3.07. The molecule has 94 valence electrons. The Kier molecular flexibility index (Phi) is 5.34. The first-order chi connectivity index (χ1) is 8.62. The predicted molar refractivity (Wildman–Crippen MR) is 66.5 cm³/mol. The number of nitriles is 1. The Bertz CT molecular complexity index is 505. The third-order valence-corrected chi connectivity index (χ3v) is 2.69. The quantitative estimate of drug-likeness (QED) is 0.602. The molecule has 1 rings (SSSR count). The molecular formula is C13H12ClNO3. The molecule has 0 amide bonds. The van der Waals surface area contributed by atoms with E-state index in [1.807, 2.05) is 6.07 Å². The molecule has 1 aromatic rings. The molecule has 5 heteroatoms. The number of methoxy groups -OCH3 is 1. The number of halogens is 1. The second-order valence-corrected chi connectivity index (χ2v) is 3.93. The van der Waals surface area contributed by atoms with Gasteiger partial charge in [-0.3, -0.25) is 4.79 Å². The molecule has 0 radical (unpaired) electrons. The van der Waals surface area contributed by atoms with Crippen LogP contribution >= 0.6 is 11.6 Å². The van der Waals surface area contributed by atoms with Crippen LogP contribution in [0.2, 0.25) is 0 Å². The smallest absolute Gasteiger partial charge is 0.338 e. The van der Waals surface area contributed by atoms with E-state index in [1.54, 1.807) is 18.2 Å². The van der Waals surface area contributed by atoms with Crippen LogP contribution in [0.3, 0.4) is 0 Å². The minimum absolute atomic E-state index is 0.0493. The Morgan fingerprint density at radius 1 is 1.44 bits per heavy atom. The molecule has 0 aromatic heterocycles. The number of benzene rings is 1. The van der Waals surface area contributed by atoms with Gasteiger partial charge in [-0.15, -0.1) is 11.6 Å². The van der Waals surface area contributed by atoms with Crippen molar-refractivity contribution in [3.8, 4) is 6.07 Å². The van der Waals surface area contributed by atoms with Crippen molar-refractivity contribution in [2.45, 2.75) is 12.8 Å². The first-order valence-corrected chi connectivity index (χ1v) is 5.80. The van der Waals surface area contributed by atoms with Crippen LogP contribution in [0, 0.1) is 11.3 Å². The van der Waals surface area contributed by atoms with Crippen molar-refractivity contribution in [2.75, 3.05) is 13.0 Å². The van der Waals surface area contributed by atoms with Gasteiger partial charge in [-0.2, -0.15) is 5.26 Å². The zero-order valence-electron chi connectivity index (χ0n) is 9.90. The lowest BCUT2D eigenvalue weighted by molar-refractivity contribution is -0.116. The van der Waals surface area contributed by atoms with Crippen LogP contribution in [0.4, 0.5) is 0 Å². The number of carbonyl (C=O) groups is 2. The van der Waals surface area contributed by atoms with Crippen molar-refractivity contribution in [3.63, 3.8) is 0 Å². The normalized spacial score (nSPS) is 9.61. The maximum atomic E-state index is 11.5. The summed E-state index contributed by atoms with van der Waals surface area (Å²) in [7, 11) is 1.28. The number of ketones is 1. The van der Waals surface area contributed by atoms with Gasteiger partial charge in [0.05, 0.1) is 31.0 Å². The summed E-state index contributed by atoms with van der Waals surface area (Å²) in [6.45, 7) is 0. The molecule has 0 fully saturated rings. The zero-order chi connectivity index (χ0) is 13.5. The number of hydrogen-bond donors (Lipinski definition) is 0. The van der Waals surface area contributed by atoms with E-state index in [-0.39, 0.29) is 24.5 Å². The molecule has 18 heavy (non-hydrogen) atoms. The fourth-order valence-electron chi connectivity index (χ4n) is 1.57. The van der Waals surface area contributed by atoms with Gasteiger partial charge in [0, 0.05) is 6.42 Å². The van der Waals surface area contributed by atoms with Gasteiger partial charge in [-0.05, 0) is 17.2 Å². The fourth-order valence-corrected chi connectivity index (χ4v) is 1.67. The van der Waals surface area contributed by atoms with Crippen LogP contribution < -0.4 is 0 Å². The van der Waals surface area contributed by atoms with Crippen LogP contribution in [0.5, 0.6) is 0 Å². The Labute approximate surface area is 110 Å². The highest BCUT2D eigenvalue weighted by Gasteiger charge is 2.13. The SMILES string of the molecule is COC(=O)c1ccc(CC(=O)CCl)cc1CC#N. The number of ether oxygens (including phenoxy) is 1. The topological polar surface area (TPSA) is 67.2 Å². The summed E-state index contributed by atoms with van der Waals surface area (Å²) in [4.78, 5) is 22.7. The summed E-state index contributed by atoms with van der Waals surface area (Å²) in [5, 5.41) is 8.73. The van der Waals surface area contributed by atoms with Crippen molar-refractivity contribution in [2.24, 2.45) is 0 Å². The molecule has 4 nitrogen and oxygen atoms in total. The fraction of sp³-hybridized carbons (Fsp3) is 0.308. The van der Waals surface area contributed by atoms with Crippen molar-refractivity contribution in [3.05, 3.63) is 34.9 Å². The van der Waals surface area contributed by atoms with E-state index >= 15 is 0 Å². The highest BCUT2D eigenvalue weighted by atomic mass is 35.5. The van der Waals surface area contributed by atoms with Crippen LogP contribution in [0.1, 0.15) is 21.5 Å². The van der Waals surface area contributed by atoms with Crippen LogP contribution in [0.15, 0.2) is 18.2 Å². The summed E-state index contributed by atoms with van der Waals surface area (Å²) >= 11 is 5.43. The largest absolute Gasteiger partial charge is 0.465 e. The van der Waals surface area contributed by atoms with Crippen molar-refractivity contribution in [1.29, 1.82) is 5.26 Å². The minimum Gasteiger partial charge on any atom is -0.465 e. The van der Waals surface area contributed by atoms with Gasteiger partial charge in [-0.1, -0.05) is 12.1 Å². The van der Waals surface area contributed by atoms with E-state index in [2.05, 4.69) is 4.74 Å². The van der Waals surface area contributed by atoms with Crippen molar-refractivity contribution >= 4 is 23.4 Å². The molecule has 1 aromatic carbocycles. The summed E-state index contributed by atoms with van der Waals surface area (Å²) in [6.07, 6.45) is 0.288. The maximum Gasteiger partial charge on any atom is 0.338 e. The lowest BCUT2D eigenvalue weighted by atomic mass is 9.99. The van der Waals surface area contributed by atoms with E-state index in [4.69, 9.17) is 16.9 Å². The van der Waals surface area contributed by atoms with Gasteiger partial charge in [0.25, 0.3) is 0 Å². The van der Waals surface area contributed by atoms with Crippen molar-refractivity contribution in [1.82, 2.24) is 0 Å². The van der Waals surface area contributed by atoms with E-state index in [0.29, 0.717) is 11.1 Å². The monoisotopic (exact) mass is 265 g/mol. The summed E-state index contributed by atoms with van der Waals surface area (Å²) in [6, 6.07) is 6.87. The summed E-state index contributed by atoms with van der Waals surface area (Å²) in [5.74, 6) is -0.646. The maximum absolute atomic E-state index is 11.5. The molecule has 0 atom stereocenters. The Morgan fingerprint density at radius 3 is 2.72 bits per heavy atom. The number of Topliss-reactive ketones (excluding diaryl/α,β-unsaturated/α-hetero) is 1. The van der Waals surface area contributed by atoms with E-state index in [0.717, 1.165) is 5.56 Å². The third kappa shape index (κ3) is 3.57. The molecule has 0 saturated carbocycles. The number of esters is 1. The first-order valence-electron chi connectivity index (χ1n) is 5.27. The molecule has 0 N–H and O–H groups in total. The molecular weight excluding hydrogens is 254 g/mol. The van der Waals surface area contributed by atoms with Crippen LogP contribution in [-0.2, 0) is 22.4 Å². The highest BCUT2D eigenvalue weighted by molar-refractivity contribution is 6.27. The van der Waals surface area contributed by atoms with Gasteiger partial charge in [-0.25, -0.2) is 4.79 Å². The molecule has 0 spiro atoms. The highest BCUT2D eigenvalue weighted by Crippen LogP contribution is 2.15. The lowest BCUT2D eigenvalue weighted by Crippen LogP contribution is -2.08. The molecule has 0 bridgehead atoms. The van der Waals surface area contributed by atoms with Gasteiger partial charge < -0.3 is 4.74 Å². The van der Waals surface area contributed by atoms with Gasteiger partial charge in [0.15, 0.2) is 5.78 Å². The third-order valence-electron chi connectivity index (χ3n) is 2.39. The summed E-state index contributed by atoms with van der Waals surface area (Å²) in [5.41, 5.74) is 1.64. The standard InChI is InChI=1S/C13H12ClNO3/c1-18-13(17)12-3-2-9(7-11(16)8-14)6-10(12)4-5-15/h2-3,6H,4,7-8H2,1H3. The predicted octanol–water partition coefficient (Wildman–Crippen LogP) is 1.89. The van der Waals surface area contributed by atoms with Gasteiger partial charge in [0.1, 0.15) is 0 Å². The molecule has 0 unspecified atom stereocenters. The second kappa shape index (κ2) is 6.77. The number of rotatable bonds is 5. The van der Waals surface area contributed by atoms with Gasteiger partial charge in [0.2, 0.25) is 0 Å². The average molecular weight is 266 g/mol. The lowest BCUT2D eigenvalue weighted by Gasteiger charge is -2.07. The number of carbonyl (C=O) groups excluding carboxylic acids is 2. The zero-order valence-corrected chi connectivity index (χ0v) is 10.7. The number of hydrogen-bond acceptors (Lipinski definition) is 4. The van der Waals surface area contributed by atoms with E-state index in [9.17, 15) is 9.59 Å². The second-order valence-electron chi connectivity index (χ2n) is 3.67. The van der Waals surface area contributed by atoms with Crippen LogP contribution in [0.25, 0.3) is 0 Å². The molecule has 0 aliphatic rings. The Hall–Kier alpha value is -1.86. The number of alkyl halides is 1. The van der Waals surface area contributed by atoms with E-state index < -0.39 is 5.97 Å². The van der Waals surface area contributed by atoms with Crippen LogP contribution in [-0.4, -0.2) is 24.7 Å². The average Bonchev–Trinajstić information content (AvgIpc) is 2.38. The Morgan fingerprint density at radius 2 is 2.17 bits per heavy atom. The molecule has 0 aliphatic carbocycles. The van der Waals surface area contributed by atoms with Gasteiger partial charge >= 0.3 is 5.97 Å². The first kappa shape index (κ1) is 14.2. The molecule has 0 heterocycles. The number of nitrogens with zero attached hydrogens (tertiary/aromatic N) is 1. The molecule has 0 saturated heterocycles.